The van der Waals surface area contributed by atoms with Crippen LogP contribution in [0.4, 0.5) is 0 Å². The molecule has 0 saturated heterocycles. The van der Waals surface area contributed by atoms with Crippen LogP contribution in [0.3, 0.4) is 0 Å². The van der Waals surface area contributed by atoms with Crippen LogP contribution in [-0.4, -0.2) is 56.2 Å². The molecule has 8 rings (SSSR count). The number of benzene rings is 5. The van der Waals surface area contributed by atoms with Crippen LogP contribution in [0.1, 0.15) is 38.9 Å². The highest BCUT2D eigenvalue weighted by atomic mass is 16.2. The van der Waals surface area contributed by atoms with Crippen molar-refractivity contribution in [1.29, 1.82) is 0 Å². The van der Waals surface area contributed by atoms with E-state index in [0.717, 1.165) is 49.9 Å². The van der Waals surface area contributed by atoms with Gasteiger partial charge in [-0.05, 0) is 60.6 Å². The molecule has 2 N–H and O–H groups in total. The number of imidazole rings is 1. The number of nitrogens with one attached hydrogen (secondary N) is 2. The van der Waals surface area contributed by atoms with Crippen molar-refractivity contribution in [1.82, 2.24) is 34.9 Å². The average molecular weight is 682 g/mol. The Morgan fingerprint density at radius 3 is 1.88 bits per heavy atom. The summed E-state index contributed by atoms with van der Waals surface area (Å²) < 4.78 is 2.11. The SMILES string of the molecule is CN(C)CC(NC(=O)c1nc2cc3c(-c4ccncc4)nn(CC(c4ccccc4)(c4ccccc4)c4ccccc4)c3cc2[nH]1)c1ccccc1. The maximum Gasteiger partial charge on any atom is 0.287 e. The molecule has 0 aliphatic rings. The van der Waals surface area contributed by atoms with E-state index < -0.39 is 5.41 Å². The highest BCUT2D eigenvalue weighted by molar-refractivity contribution is 6.03. The molecule has 0 saturated carbocycles. The van der Waals surface area contributed by atoms with Crippen molar-refractivity contribution in [2.75, 3.05) is 20.6 Å². The molecular weight excluding hydrogens is 643 g/mol. The van der Waals surface area contributed by atoms with E-state index >= 15 is 0 Å². The van der Waals surface area contributed by atoms with Crippen LogP contribution in [-0.2, 0) is 12.0 Å². The minimum Gasteiger partial charge on any atom is -0.341 e. The van der Waals surface area contributed by atoms with Crippen molar-refractivity contribution in [2.24, 2.45) is 0 Å². The lowest BCUT2D eigenvalue weighted by Gasteiger charge is -2.36. The Balaban J connectivity index is 1.28. The highest BCUT2D eigenvalue weighted by Gasteiger charge is 2.38. The van der Waals surface area contributed by atoms with Gasteiger partial charge in [0.2, 0.25) is 0 Å². The van der Waals surface area contributed by atoms with E-state index in [1.54, 1.807) is 12.4 Å². The van der Waals surface area contributed by atoms with Crippen molar-refractivity contribution in [3.63, 3.8) is 0 Å². The lowest BCUT2D eigenvalue weighted by atomic mass is 9.69. The third-order valence-corrected chi connectivity index (χ3v) is 9.76. The molecule has 8 heteroatoms. The Labute approximate surface area is 302 Å². The predicted octanol–water partition coefficient (Wildman–Crippen LogP) is 8.04. The molecule has 0 fully saturated rings. The van der Waals surface area contributed by atoms with Gasteiger partial charge < -0.3 is 15.2 Å². The Hall–Kier alpha value is -6.38. The number of hydrogen-bond acceptors (Lipinski definition) is 5. The summed E-state index contributed by atoms with van der Waals surface area (Å²) in [6.07, 6.45) is 3.57. The minimum atomic E-state index is -0.578. The van der Waals surface area contributed by atoms with Crippen LogP contribution >= 0.6 is 0 Å². The van der Waals surface area contributed by atoms with Crippen molar-refractivity contribution in [3.8, 4) is 11.3 Å². The number of hydrogen-bond donors (Lipinski definition) is 2. The first kappa shape index (κ1) is 32.8. The van der Waals surface area contributed by atoms with Crippen LogP contribution in [0.25, 0.3) is 33.2 Å². The molecule has 1 unspecified atom stereocenters. The topological polar surface area (TPSA) is 91.7 Å². The van der Waals surface area contributed by atoms with Gasteiger partial charge in [-0.3, -0.25) is 14.5 Å². The zero-order chi connectivity index (χ0) is 35.5. The molecule has 1 amide bonds. The molecule has 0 bridgehead atoms. The summed E-state index contributed by atoms with van der Waals surface area (Å²) in [6, 6.07) is 49.9. The van der Waals surface area contributed by atoms with Gasteiger partial charge in [0.1, 0.15) is 5.69 Å². The predicted molar refractivity (Wildman–Crippen MR) is 207 cm³/mol. The van der Waals surface area contributed by atoms with Gasteiger partial charge in [0, 0.05) is 29.9 Å². The van der Waals surface area contributed by atoms with Crippen LogP contribution in [0.15, 0.2) is 158 Å². The first-order chi connectivity index (χ1) is 25.5. The number of amides is 1. The number of fused-ring (bicyclic) bond motifs is 2. The van der Waals surface area contributed by atoms with Gasteiger partial charge in [-0.25, -0.2) is 4.98 Å². The molecule has 5 aromatic carbocycles. The van der Waals surface area contributed by atoms with Crippen LogP contribution in [0.5, 0.6) is 0 Å². The lowest BCUT2D eigenvalue weighted by molar-refractivity contribution is 0.0920. The number of pyridine rings is 1. The molecule has 0 aliphatic heterocycles. The summed E-state index contributed by atoms with van der Waals surface area (Å²) in [4.78, 5) is 28.3. The van der Waals surface area contributed by atoms with Gasteiger partial charge in [0.25, 0.3) is 5.91 Å². The largest absolute Gasteiger partial charge is 0.341 e. The summed E-state index contributed by atoms with van der Waals surface area (Å²) in [7, 11) is 4.00. The number of likely N-dealkylation sites (N-methyl/N-ethyl adjacent to an activating group) is 1. The van der Waals surface area contributed by atoms with E-state index in [1.807, 2.05) is 62.6 Å². The van der Waals surface area contributed by atoms with Gasteiger partial charge in [0.15, 0.2) is 5.82 Å². The van der Waals surface area contributed by atoms with Crippen LogP contribution < -0.4 is 5.32 Å². The second kappa shape index (κ2) is 14.1. The fourth-order valence-electron chi connectivity index (χ4n) is 7.31. The van der Waals surface area contributed by atoms with Gasteiger partial charge in [-0.2, -0.15) is 5.10 Å². The van der Waals surface area contributed by atoms with Crippen molar-refractivity contribution in [2.45, 2.75) is 18.0 Å². The molecule has 52 heavy (non-hydrogen) atoms. The molecule has 3 heterocycles. The Kier molecular flexibility index (Phi) is 8.89. The van der Waals surface area contributed by atoms with Gasteiger partial charge in [-0.1, -0.05) is 121 Å². The number of nitrogens with zero attached hydrogens (tertiary/aromatic N) is 5. The van der Waals surface area contributed by atoms with E-state index in [2.05, 4.69) is 122 Å². The Morgan fingerprint density at radius 2 is 1.33 bits per heavy atom. The number of aromatic nitrogens is 5. The molecule has 1 atom stereocenters. The smallest absolute Gasteiger partial charge is 0.287 e. The summed E-state index contributed by atoms with van der Waals surface area (Å²) in [5, 5.41) is 9.50. The number of H-pyrrole nitrogens is 1. The van der Waals surface area contributed by atoms with Gasteiger partial charge >= 0.3 is 0 Å². The summed E-state index contributed by atoms with van der Waals surface area (Å²) in [6.45, 7) is 1.17. The van der Waals surface area contributed by atoms with E-state index in [4.69, 9.17) is 10.1 Å². The number of carbonyl (C=O) groups is 1. The zero-order valence-corrected chi connectivity index (χ0v) is 29.1. The maximum atomic E-state index is 13.8. The summed E-state index contributed by atoms with van der Waals surface area (Å²) in [5.41, 5.74) is 8.09. The van der Waals surface area contributed by atoms with Gasteiger partial charge in [-0.15, -0.1) is 0 Å². The second-order valence-electron chi connectivity index (χ2n) is 13.4. The fourth-order valence-corrected chi connectivity index (χ4v) is 7.31. The molecule has 256 valence electrons. The first-order valence-electron chi connectivity index (χ1n) is 17.5. The van der Waals surface area contributed by atoms with E-state index in [1.165, 1.54) is 0 Å². The number of aromatic amines is 1. The minimum absolute atomic E-state index is 0.204. The van der Waals surface area contributed by atoms with Crippen molar-refractivity contribution in [3.05, 3.63) is 186 Å². The lowest BCUT2D eigenvalue weighted by Crippen LogP contribution is -2.35. The fraction of sp³-hybridized carbons (Fsp3) is 0.136. The van der Waals surface area contributed by atoms with E-state index in [9.17, 15) is 4.79 Å². The molecular formula is C44H39N7O. The second-order valence-corrected chi connectivity index (χ2v) is 13.4. The summed E-state index contributed by atoms with van der Waals surface area (Å²) in [5.74, 6) is 0.00251. The molecule has 0 aliphatic carbocycles. The third-order valence-electron chi connectivity index (χ3n) is 9.76. The molecule has 0 spiro atoms. The number of carbonyl (C=O) groups excluding carboxylic acids is 1. The van der Waals surface area contributed by atoms with Crippen LogP contribution in [0.2, 0.25) is 0 Å². The average Bonchev–Trinajstić information content (AvgIpc) is 3.78. The Bertz CT molecular complexity index is 2330. The third kappa shape index (κ3) is 6.25. The van der Waals surface area contributed by atoms with Crippen molar-refractivity contribution >= 4 is 27.8 Å². The Morgan fingerprint density at radius 1 is 0.769 bits per heavy atom. The maximum absolute atomic E-state index is 13.8. The molecule has 8 aromatic rings. The number of rotatable bonds is 11. The molecule has 8 nitrogen and oxygen atoms in total. The zero-order valence-electron chi connectivity index (χ0n) is 29.1. The van der Waals surface area contributed by atoms with E-state index in [0.29, 0.717) is 18.6 Å². The highest BCUT2D eigenvalue weighted by Crippen LogP contribution is 2.42. The monoisotopic (exact) mass is 681 g/mol. The molecule has 3 aromatic heterocycles. The van der Waals surface area contributed by atoms with E-state index in [-0.39, 0.29) is 17.8 Å². The quantitative estimate of drug-likeness (QED) is 0.135. The first-order valence-corrected chi connectivity index (χ1v) is 17.5. The normalized spacial score (nSPS) is 12.4. The van der Waals surface area contributed by atoms with Gasteiger partial charge in [0.05, 0.1) is 34.6 Å². The standard InChI is InChI=1S/C44H39N7O/c1-50(2)29-39(31-15-7-3-8-16-31)48-43(52)42-46-37-27-36-40(28-38(37)47-42)51(49-41(36)32-23-25-45-26-24-32)30-44(33-17-9-4-10-18-33,34-19-11-5-12-20-34)35-21-13-6-14-22-35/h3-28,39H,29-30H2,1-2H3,(H,46,47)(H,48,52). The van der Waals surface area contributed by atoms with Crippen molar-refractivity contribution < 1.29 is 4.79 Å². The summed E-state index contributed by atoms with van der Waals surface area (Å²) >= 11 is 0. The molecule has 0 radical (unpaired) electrons. The van der Waals surface area contributed by atoms with Crippen LogP contribution in [0, 0.1) is 0 Å².